The van der Waals surface area contributed by atoms with Gasteiger partial charge in [-0.05, 0) is 60.3 Å². The molecular weight excluding hydrogens is 437 g/mol. The predicted molar refractivity (Wildman–Crippen MR) is 130 cm³/mol. The second-order valence-corrected chi connectivity index (χ2v) is 10.1. The SMILES string of the molecule is O=S(=O)(NCCN1CCCC1)c1ccc(-c2ccc(CNCc3ccccc3)cc2)cc1F. The maximum absolute atomic E-state index is 14.7. The summed E-state index contributed by atoms with van der Waals surface area (Å²) in [4.78, 5) is 1.90. The molecule has 3 aromatic carbocycles. The average molecular weight is 468 g/mol. The number of hydrogen-bond donors (Lipinski definition) is 2. The van der Waals surface area contributed by atoms with Gasteiger partial charge in [0.1, 0.15) is 10.7 Å². The fourth-order valence-electron chi connectivity index (χ4n) is 4.08. The minimum absolute atomic E-state index is 0.281. The van der Waals surface area contributed by atoms with E-state index in [0.717, 1.165) is 50.1 Å². The van der Waals surface area contributed by atoms with E-state index in [2.05, 4.69) is 27.1 Å². The molecule has 7 heteroatoms. The first-order valence-electron chi connectivity index (χ1n) is 11.4. The monoisotopic (exact) mass is 467 g/mol. The summed E-state index contributed by atoms with van der Waals surface area (Å²) in [6.07, 6.45) is 2.29. The molecule has 5 nitrogen and oxygen atoms in total. The molecule has 1 fully saturated rings. The molecule has 0 radical (unpaired) electrons. The van der Waals surface area contributed by atoms with Crippen molar-refractivity contribution in [2.75, 3.05) is 26.2 Å². The minimum atomic E-state index is -3.88. The van der Waals surface area contributed by atoms with E-state index in [1.54, 1.807) is 6.07 Å². The molecule has 0 atom stereocenters. The lowest BCUT2D eigenvalue weighted by atomic mass is 10.0. The molecule has 1 saturated heterocycles. The number of nitrogens with one attached hydrogen (secondary N) is 2. The van der Waals surface area contributed by atoms with Crippen LogP contribution in [-0.4, -0.2) is 39.5 Å². The molecule has 1 aliphatic heterocycles. The van der Waals surface area contributed by atoms with Gasteiger partial charge in [0, 0.05) is 26.2 Å². The van der Waals surface area contributed by atoms with Crippen molar-refractivity contribution in [3.05, 3.63) is 89.7 Å². The molecule has 0 amide bonds. The molecule has 1 aliphatic rings. The van der Waals surface area contributed by atoms with E-state index in [9.17, 15) is 12.8 Å². The van der Waals surface area contributed by atoms with Gasteiger partial charge < -0.3 is 10.2 Å². The molecule has 33 heavy (non-hydrogen) atoms. The zero-order valence-electron chi connectivity index (χ0n) is 18.6. The highest BCUT2D eigenvalue weighted by Gasteiger charge is 2.20. The molecule has 0 unspecified atom stereocenters. The smallest absolute Gasteiger partial charge is 0.243 e. The Kier molecular flexibility index (Phi) is 7.88. The molecule has 174 valence electrons. The van der Waals surface area contributed by atoms with Crippen LogP contribution in [0.2, 0.25) is 0 Å². The maximum atomic E-state index is 14.7. The van der Waals surface area contributed by atoms with E-state index in [1.165, 1.54) is 17.7 Å². The normalized spacial score (nSPS) is 14.6. The highest BCUT2D eigenvalue weighted by Crippen LogP contribution is 2.24. The minimum Gasteiger partial charge on any atom is -0.309 e. The van der Waals surface area contributed by atoms with E-state index >= 15 is 0 Å². The molecule has 0 spiro atoms. The number of benzene rings is 3. The number of hydrogen-bond acceptors (Lipinski definition) is 4. The number of nitrogens with zero attached hydrogens (tertiary/aromatic N) is 1. The Bertz CT molecular complexity index is 1150. The largest absolute Gasteiger partial charge is 0.309 e. The summed E-state index contributed by atoms with van der Waals surface area (Å²) in [6, 6.07) is 22.3. The van der Waals surface area contributed by atoms with Gasteiger partial charge in [0.2, 0.25) is 10.0 Å². The second kappa shape index (κ2) is 11.0. The number of sulfonamides is 1. The summed E-state index contributed by atoms with van der Waals surface area (Å²) in [5.41, 5.74) is 3.83. The van der Waals surface area contributed by atoms with Crippen molar-refractivity contribution in [1.29, 1.82) is 0 Å². The van der Waals surface area contributed by atoms with Crippen molar-refractivity contribution in [2.24, 2.45) is 0 Å². The molecular formula is C26H30FN3O2S. The third-order valence-corrected chi connectivity index (χ3v) is 7.42. The van der Waals surface area contributed by atoms with Crippen LogP contribution in [0.4, 0.5) is 4.39 Å². The predicted octanol–water partition coefficient (Wildman–Crippen LogP) is 4.16. The Hall–Kier alpha value is -2.58. The Morgan fingerprint density at radius 3 is 2.12 bits per heavy atom. The van der Waals surface area contributed by atoms with E-state index < -0.39 is 15.8 Å². The average Bonchev–Trinajstić information content (AvgIpc) is 3.33. The van der Waals surface area contributed by atoms with Crippen molar-refractivity contribution in [3.63, 3.8) is 0 Å². The standard InChI is InChI=1S/C26H30FN3O2S/c27-25-18-24(12-13-26(25)33(31,32)29-14-17-30-15-4-5-16-30)23-10-8-22(9-11-23)20-28-19-21-6-2-1-3-7-21/h1-3,6-13,18,28-29H,4-5,14-17,19-20H2. The van der Waals surface area contributed by atoms with E-state index in [1.807, 2.05) is 42.5 Å². The van der Waals surface area contributed by atoms with Crippen LogP contribution in [0.3, 0.4) is 0 Å². The van der Waals surface area contributed by atoms with E-state index in [0.29, 0.717) is 12.1 Å². The first-order valence-corrected chi connectivity index (χ1v) is 12.9. The molecule has 4 rings (SSSR count). The van der Waals surface area contributed by atoms with Crippen LogP contribution < -0.4 is 10.0 Å². The molecule has 0 saturated carbocycles. The number of rotatable bonds is 10. The third-order valence-electron chi connectivity index (χ3n) is 5.93. The molecule has 2 N–H and O–H groups in total. The van der Waals surface area contributed by atoms with Gasteiger partial charge in [-0.1, -0.05) is 60.7 Å². The van der Waals surface area contributed by atoms with Crippen molar-refractivity contribution >= 4 is 10.0 Å². The Balaban J connectivity index is 1.34. The van der Waals surface area contributed by atoms with Crippen molar-refractivity contribution in [3.8, 4) is 11.1 Å². The van der Waals surface area contributed by atoms with Gasteiger partial charge in [-0.25, -0.2) is 17.5 Å². The number of halogens is 1. The summed E-state index contributed by atoms with van der Waals surface area (Å²) in [5.74, 6) is -0.741. The van der Waals surface area contributed by atoms with E-state index in [-0.39, 0.29) is 11.4 Å². The summed E-state index contributed by atoms with van der Waals surface area (Å²) in [7, 11) is -3.88. The molecule has 3 aromatic rings. The molecule has 1 heterocycles. The Morgan fingerprint density at radius 1 is 0.818 bits per heavy atom. The van der Waals surface area contributed by atoms with Crippen molar-refractivity contribution < 1.29 is 12.8 Å². The van der Waals surface area contributed by atoms with Gasteiger partial charge in [0.25, 0.3) is 0 Å². The lowest BCUT2D eigenvalue weighted by Gasteiger charge is -2.15. The van der Waals surface area contributed by atoms with Gasteiger partial charge in [-0.3, -0.25) is 0 Å². The molecule has 0 bridgehead atoms. The topological polar surface area (TPSA) is 61.4 Å². The zero-order valence-corrected chi connectivity index (χ0v) is 19.5. The maximum Gasteiger partial charge on any atom is 0.243 e. The summed E-state index contributed by atoms with van der Waals surface area (Å²) in [6.45, 7) is 4.42. The lowest BCUT2D eigenvalue weighted by Crippen LogP contribution is -2.33. The number of likely N-dealkylation sites (tertiary alicyclic amines) is 1. The first kappa shape index (κ1) is 23.6. The van der Waals surface area contributed by atoms with Crippen molar-refractivity contribution in [2.45, 2.75) is 30.8 Å². The van der Waals surface area contributed by atoms with Crippen LogP contribution in [0.1, 0.15) is 24.0 Å². The van der Waals surface area contributed by atoms with Gasteiger partial charge >= 0.3 is 0 Å². The summed E-state index contributed by atoms with van der Waals surface area (Å²) >= 11 is 0. The fraction of sp³-hybridized carbons (Fsp3) is 0.308. The Labute approximate surface area is 195 Å². The second-order valence-electron chi connectivity index (χ2n) is 8.38. The lowest BCUT2D eigenvalue weighted by molar-refractivity contribution is 0.344. The molecule has 0 aliphatic carbocycles. The zero-order chi connectivity index (χ0) is 23.1. The van der Waals surface area contributed by atoms with Gasteiger partial charge in [-0.15, -0.1) is 0 Å². The van der Waals surface area contributed by atoms with Crippen LogP contribution >= 0.6 is 0 Å². The van der Waals surface area contributed by atoms with Crippen LogP contribution in [0.5, 0.6) is 0 Å². The van der Waals surface area contributed by atoms with Gasteiger partial charge in [0.05, 0.1) is 0 Å². The quantitative estimate of drug-likeness (QED) is 0.470. The first-order chi connectivity index (χ1) is 16.0. The van der Waals surface area contributed by atoms with Crippen LogP contribution in [0.25, 0.3) is 11.1 Å². The Morgan fingerprint density at radius 2 is 1.45 bits per heavy atom. The highest BCUT2D eigenvalue weighted by atomic mass is 32.2. The van der Waals surface area contributed by atoms with Crippen LogP contribution in [0.15, 0.2) is 77.7 Å². The van der Waals surface area contributed by atoms with Crippen LogP contribution in [0, 0.1) is 5.82 Å². The third kappa shape index (κ3) is 6.48. The van der Waals surface area contributed by atoms with Gasteiger partial charge in [-0.2, -0.15) is 0 Å². The molecule has 0 aromatic heterocycles. The summed E-state index contributed by atoms with van der Waals surface area (Å²) < 4.78 is 42.3. The van der Waals surface area contributed by atoms with Crippen molar-refractivity contribution in [1.82, 2.24) is 14.9 Å². The highest BCUT2D eigenvalue weighted by molar-refractivity contribution is 7.89. The summed E-state index contributed by atoms with van der Waals surface area (Å²) in [5, 5.41) is 3.41. The van der Waals surface area contributed by atoms with Gasteiger partial charge in [0.15, 0.2) is 0 Å². The fourth-order valence-corrected chi connectivity index (χ4v) is 5.16. The van der Waals surface area contributed by atoms with E-state index in [4.69, 9.17) is 0 Å². The van der Waals surface area contributed by atoms with Crippen LogP contribution in [-0.2, 0) is 23.1 Å².